The standard InChI is InChI=1S/C14H19N5O4S/c1-3-19-12(10-5-4-7-23-10)17-18-14(19)24-9-11(20)16-13(21)15-6-8-22-2/h4-5,7H,3,6,8-9H2,1-2H3,(H2,15,16,20,21). The number of nitrogens with zero attached hydrogens (tertiary/aromatic N) is 3. The first kappa shape index (κ1) is 18.0. The smallest absolute Gasteiger partial charge is 0.321 e. The Balaban J connectivity index is 1.88. The van der Waals surface area contributed by atoms with Gasteiger partial charge in [-0.3, -0.25) is 14.7 Å². The molecule has 0 radical (unpaired) electrons. The van der Waals surface area contributed by atoms with Gasteiger partial charge in [0.2, 0.25) is 5.91 Å². The zero-order chi connectivity index (χ0) is 17.4. The number of nitrogens with one attached hydrogen (secondary N) is 2. The van der Waals surface area contributed by atoms with Crippen LogP contribution in [0.5, 0.6) is 0 Å². The summed E-state index contributed by atoms with van der Waals surface area (Å²) in [6.07, 6.45) is 1.56. The molecule has 3 amide bonds. The predicted molar refractivity (Wildman–Crippen MR) is 87.5 cm³/mol. The molecule has 0 aliphatic heterocycles. The molecule has 0 saturated heterocycles. The van der Waals surface area contributed by atoms with Gasteiger partial charge in [0, 0.05) is 20.2 Å². The van der Waals surface area contributed by atoms with Crippen molar-refractivity contribution in [1.82, 2.24) is 25.4 Å². The summed E-state index contributed by atoms with van der Waals surface area (Å²) in [7, 11) is 1.53. The number of imide groups is 1. The second-order valence-corrected chi connectivity index (χ2v) is 5.56. The number of rotatable bonds is 8. The van der Waals surface area contributed by atoms with Gasteiger partial charge in [-0.15, -0.1) is 10.2 Å². The molecular weight excluding hydrogens is 334 g/mol. The fourth-order valence-corrected chi connectivity index (χ4v) is 2.67. The summed E-state index contributed by atoms with van der Waals surface area (Å²) in [4.78, 5) is 23.3. The highest BCUT2D eigenvalue weighted by Crippen LogP contribution is 2.23. The van der Waals surface area contributed by atoms with Crippen LogP contribution in [0.1, 0.15) is 6.92 Å². The zero-order valence-electron chi connectivity index (χ0n) is 13.4. The van der Waals surface area contributed by atoms with Crippen molar-refractivity contribution >= 4 is 23.7 Å². The van der Waals surface area contributed by atoms with Crippen LogP contribution in [0.15, 0.2) is 28.0 Å². The lowest BCUT2D eigenvalue weighted by molar-refractivity contribution is -0.117. The fourth-order valence-electron chi connectivity index (χ4n) is 1.87. The quantitative estimate of drug-likeness (QED) is 0.540. The van der Waals surface area contributed by atoms with Crippen LogP contribution in [0.2, 0.25) is 0 Å². The molecule has 0 aromatic carbocycles. The lowest BCUT2D eigenvalue weighted by Crippen LogP contribution is -2.41. The van der Waals surface area contributed by atoms with Gasteiger partial charge in [-0.25, -0.2) is 4.79 Å². The Morgan fingerprint density at radius 3 is 2.92 bits per heavy atom. The molecule has 0 bridgehead atoms. The largest absolute Gasteiger partial charge is 0.461 e. The molecule has 2 heterocycles. The highest BCUT2D eigenvalue weighted by atomic mass is 32.2. The van der Waals surface area contributed by atoms with Crippen molar-refractivity contribution in [2.24, 2.45) is 0 Å². The van der Waals surface area contributed by atoms with E-state index in [0.717, 1.165) is 0 Å². The number of amides is 3. The Morgan fingerprint density at radius 1 is 1.42 bits per heavy atom. The van der Waals surface area contributed by atoms with Gasteiger partial charge in [0.25, 0.3) is 0 Å². The van der Waals surface area contributed by atoms with Crippen molar-refractivity contribution in [3.8, 4) is 11.6 Å². The molecule has 0 unspecified atom stereocenters. The molecule has 0 aliphatic carbocycles. The van der Waals surface area contributed by atoms with E-state index in [1.807, 2.05) is 11.5 Å². The van der Waals surface area contributed by atoms with Crippen LogP contribution in [-0.4, -0.2) is 52.7 Å². The minimum Gasteiger partial charge on any atom is -0.461 e. The van der Waals surface area contributed by atoms with E-state index in [4.69, 9.17) is 9.15 Å². The van der Waals surface area contributed by atoms with Gasteiger partial charge < -0.3 is 14.5 Å². The van der Waals surface area contributed by atoms with Crippen molar-refractivity contribution < 1.29 is 18.7 Å². The number of urea groups is 1. The van der Waals surface area contributed by atoms with Crippen molar-refractivity contribution in [3.63, 3.8) is 0 Å². The average Bonchev–Trinajstić information content (AvgIpc) is 3.21. The maximum atomic E-state index is 11.8. The average molecular weight is 353 g/mol. The van der Waals surface area contributed by atoms with Crippen LogP contribution in [0.3, 0.4) is 0 Å². The second kappa shape index (κ2) is 9.08. The number of hydrogen-bond acceptors (Lipinski definition) is 7. The number of carbonyl (C=O) groups excluding carboxylic acids is 2. The van der Waals surface area contributed by atoms with E-state index < -0.39 is 11.9 Å². The lowest BCUT2D eigenvalue weighted by atomic mass is 10.4. The Kier molecular flexibility index (Phi) is 6.82. The number of hydrogen-bond donors (Lipinski definition) is 2. The number of carbonyl (C=O) groups is 2. The molecule has 0 spiro atoms. The van der Waals surface area contributed by atoms with Gasteiger partial charge in [0.1, 0.15) is 0 Å². The fraction of sp³-hybridized carbons (Fsp3) is 0.429. The summed E-state index contributed by atoms with van der Waals surface area (Å²) in [5.74, 6) is 0.842. The first-order chi connectivity index (χ1) is 11.7. The molecular formula is C14H19N5O4S. The van der Waals surface area contributed by atoms with Crippen LogP contribution in [0, 0.1) is 0 Å². The van der Waals surface area contributed by atoms with Crippen LogP contribution < -0.4 is 10.6 Å². The third-order valence-electron chi connectivity index (χ3n) is 2.95. The molecule has 24 heavy (non-hydrogen) atoms. The molecule has 0 aliphatic rings. The van der Waals surface area contributed by atoms with E-state index >= 15 is 0 Å². The molecule has 9 nitrogen and oxygen atoms in total. The summed E-state index contributed by atoms with van der Waals surface area (Å²) in [6.45, 7) is 3.29. The summed E-state index contributed by atoms with van der Waals surface area (Å²) < 4.78 is 12.0. The van der Waals surface area contributed by atoms with Gasteiger partial charge >= 0.3 is 6.03 Å². The molecule has 2 aromatic rings. The molecule has 0 fully saturated rings. The van der Waals surface area contributed by atoms with Gasteiger partial charge in [0.05, 0.1) is 18.6 Å². The summed E-state index contributed by atoms with van der Waals surface area (Å²) in [6, 6.07) is 3.01. The highest BCUT2D eigenvalue weighted by Gasteiger charge is 2.16. The molecule has 10 heteroatoms. The summed E-state index contributed by atoms with van der Waals surface area (Å²) >= 11 is 1.20. The molecule has 2 rings (SSSR count). The Labute approximate surface area is 143 Å². The topological polar surface area (TPSA) is 111 Å². The van der Waals surface area contributed by atoms with E-state index in [2.05, 4.69) is 20.8 Å². The van der Waals surface area contributed by atoms with Crippen LogP contribution in [0.25, 0.3) is 11.6 Å². The van der Waals surface area contributed by atoms with Gasteiger partial charge in [0.15, 0.2) is 16.7 Å². The monoisotopic (exact) mass is 353 g/mol. The summed E-state index contributed by atoms with van der Waals surface area (Å²) in [5, 5.41) is 13.5. The van der Waals surface area contributed by atoms with Gasteiger partial charge in [-0.05, 0) is 19.1 Å². The molecule has 130 valence electrons. The number of ether oxygens (including phenoxy) is 1. The van der Waals surface area contributed by atoms with Crippen molar-refractivity contribution in [1.29, 1.82) is 0 Å². The predicted octanol–water partition coefficient (Wildman–Crippen LogP) is 1.12. The minimum atomic E-state index is -0.550. The second-order valence-electron chi connectivity index (χ2n) is 4.61. The maximum Gasteiger partial charge on any atom is 0.321 e. The third kappa shape index (κ3) is 4.83. The number of aromatic nitrogens is 3. The zero-order valence-corrected chi connectivity index (χ0v) is 14.3. The molecule has 0 atom stereocenters. The van der Waals surface area contributed by atoms with Crippen molar-refractivity contribution in [2.75, 3.05) is 26.0 Å². The summed E-state index contributed by atoms with van der Waals surface area (Å²) in [5.41, 5.74) is 0. The van der Waals surface area contributed by atoms with Gasteiger partial charge in [-0.1, -0.05) is 11.8 Å². The Hall–Kier alpha value is -2.33. The van der Waals surface area contributed by atoms with Crippen LogP contribution in [0.4, 0.5) is 4.79 Å². The van der Waals surface area contributed by atoms with Crippen molar-refractivity contribution in [3.05, 3.63) is 18.4 Å². The van der Waals surface area contributed by atoms with Gasteiger partial charge in [-0.2, -0.15) is 0 Å². The van der Waals surface area contributed by atoms with Crippen LogP contribution in [-0.2, 0) is 16.1 Å². The Bertz CT molecular complexity index is 671. The molecule has 2 N–H and O–H groups in total. The third-order valence-corrected chi connectivity index (χ3v) is 3.92. The first-order valence-electron chi connectivity index (χ1n) is 7.32. The number of thioether (sulfide) groups is 1. The highest BCUT2D eigenvalue weighted by molar-refractivity contribution is 7.99. The van der Waals surface area contributed by atoms with E-state index in [1.165, 1.54) is 18.9 Å². The van der Waals surface area contributed by atoms with Crippen molar-refractivity contribution in [2.45, 2.75) is 18.6 Å². The SMILES string of the molecule is CCn1c(SCC(=O)NC(=O)NCCOC)nnc1-c1ccco1. The molecule has 2 aromatic heterocycles. The van der Waals surface area contributed by atoms with E-state index in [1.54, 1.807) is 18.4 Å². The normalized spacial score (nSPS) is 10.6. The van der Waals surface area contributed by atoms with E-state index in [-0.39, 0.29) is 5.75 Å². The minimum absolute atomic E-state index is 0.0496. The first-order valence-corrected chi connectivity index (χ1v) is 8.30. The van der Waals surface area contributed by atoms with Crippen LogP contribution >= 0.6 is 11.8 Å². The Morgan fingerprint density at radius 2 is 2.25 bits per heavy atom. The van der Waals surface area contributed by atoms with E-state index in [9.17, 15) is 9.59 Å². The van der Waals surface area contributed by atoms with E-state index in [0.29, 0.717) is 36.4 Å². The number of furan rings is 1. The maximum absolute atomic E-state index is 11.8. The number of methoxy groups -OCH3 is 1. The lowest BCUT2D eigenvalue weighted by Gasteiger charge is -2.07. The molecule has 0 saturated carbocycles.